The lowest BCUT2D eigenvalue weighted by Gasteiger charge is -2.11. The molecule has 3 aromatic rings. The summed E-state index contributed by atoms with van der Waals surface area (Å²) in [6.45, 7) is 0. The van der Waals surface area contributed by atoms with E-state index in [2.05, 4.69) is 65.7 Å². The van der Waals surface area contributed by atoms with Gasteiger partial charge < -0.3 is 9.72 Å². The Morgan fingerprint density at radius 1 is 0.792 bits per heavy atom. The Bertz CT molecular complexity index is 899. The minimum Gasteiger partial charge on any atom is -0.497 e. The lowest BCUT2D eigenvalue weighted by molar-refractivity contribution is 0.415. The SMILES string of the molecule is COc1ccc(C2=CCC=C(c3ccccc3)c3cc[nH]c32)cc1. The zero-order valence-electron chi connectivity index (χ0n) is 13.6. The van der Waals surface area contributed by atoms with E-state index in [0.29, 0.717) is 0 Å². The number of benzene rings is 2. The van der Waals surface area contributed by atoms with Crippen LogP contribution in [0.15, 0.2) is 79.0 Å². The fraction of sp³-hybridized carbons (Fsp3) is 0.0909. The summed E-state index contributed by atoms with van der Waals surface area (Å²) in [5.74, 6) is 0.878. The molecule has 2 nitrogen and oxygen atoms in total. The molecule has 118 valence electrons. The molecule has 0 aliphatic heterocycles. The highest BCUT2D eigenvalue weighted by Gasteiger charge is 2.17. The summed E-state index contributed by atoms with van der Waals surface area (Å²) in [6, 6.07) is 21.0. The Morgan fingerprint density at radius 3 is 2.25 bits per heavy atom. The number of ether oxygens (including phenoxy) is 1. The molecular weight excluding hydrogens is 294 g/mol. The minimum atomic E-state index is 0.878. The van der Waals surface area contributed by atoms with Gasteiger partial charge in [-0.05, 0) is 41.3 Å². The van der Waals surface area contributed by atoms with Crippen LogP contribution < -0.4 is 4.74 Å². The second-order valence-corrected chi connectivity index (χ2v) is 5.83. The molecule has 0 saturated carbocycles. The first-order chi connectivity index (χ1) is 11.9. The predicted molar refractivity (Wildman–Crippen MR) is 99.0 cm³/mol. The van der Waals surface area contributed by atoms with E-state index in [-0.39, 0.29) is 0 Å². The molecule has 1 aromatic heterocycles. The minimum absolute atomic E-state index is 0.878. The van der Waals surface area contributed by atoms with Crippen molar-refractivity contribution in [2.24, 2.45) is 0 Å². The van der Waals surface area contributed by atoms with E-state index in [1.807, 2.05) is 18.3 Å². The summed E-state index contributed by atoms with van der Waals surface area (Å²) < 4.78 is 5.27. The first kappa shape index (κ1) is 14.6. The smallest absolute Gasteiger partial charge is 0.118 e. The highest BCUT2D eigenvalue weighted by molar-refractivity contribution is 5.91. The van der Waals surface area contributed by atoms with E-state index in [4.69, 9.17) is 4.74 Å². The summed E-state index contributed by atoms with van der Waals surface area (Å²) in [4.78, 5) is 3.43. The summed E-state index contributed by atoms with van der Waals surface area (Å²) in [6.07, 6.45) is 7.52. The van der Waals surface area contributed by atoms with Gasteiger partial charge in [0.15, 0.2) is 0 Å². The Balaban J connectivity index is 1.78. The third-order valence-corrected chi connectivity index (χ3v) is 4.44. The van der Waals surface area contributed by atoms with Gasteiger partial charge in [-0.25, -0.2) is 0 Å². The van der Waals surface area contributed by atoms with Crippen LogP contribution in [0.1, 0.15) is 28.8 Å². The average molecular weight is 313 g/mol. The van der Waals surface area contributed by atoms with Gasteiger partial charge in [0.05, 0.1) is 12.8 Å². The summed E-state index contributed by atoms with van der Waals surface area (Å²) in [7, 11) is 1.69. The van der Waals surface area contributed by atoms with E-state index in [1.165, 1.54) is 33.5 Å². The van der Waals surface area contributed by atoms with Crippen molar-refractivity contribution in [3.05, 3.63) is 101 Å². The van der Waals surface area contributed by atoms with Gasteiger partial charge in [-0.2, -0.15) is 0 Å². The summed E-state index contributed by atoms with van der Waals surface area (Å²) >= 11 is 0. The van der Waals surface area contributed by atoms with Crippen LogP contribution in [-0.2, 0) is 0 Å². The van der Waals surface area contributed by atoms with Gasteiger partial charge in [-0.15, -0.1) is 0 Å². The van der Waals surface area contributed by atoms with Crippen molar-refractivity contribution < 1.29 is 4.74 Å². The molecule has 0 unspecified atom stereocenters. The van der Waals surface area contributed by atoms with Crippen LogP contribution in [0.4, 0.5) is 0 Å². The predicted octanol–water partition coefficient (Wildman–Crippen LogP) is 5.29. The van der Waals surface area contributed by atoms with Crippen LogP contribution in [0.25, 0.3) is 11.1 Å². The van der Waals surface area contributed by atoms with Gasteiger partial charge in [0, 0.05) is 17.3 Å². The third-order valence-electron chi connectivity index (χ3n) is 4.44. The number of nitrogens with one attached hydrogen (secondary N) is 1. The highest BCUT2D eigenvalue weighted by atomic mass is 16.5. The Morgan fingerprint density at radius 2 is 1.50 bits per heavy atom. The number of hydrogen-bond acceptors (Lipinski definition) is 1. The molecule has 0 bridgehead atoms. The number of methoxy groups -OCH3 is 1. The van der Waals surface area contributed by atoms with E-state index in [1.54, 1.807) is 7.11 Å². The van der Waals surface area contributed by atoms with Crippen molar-refractivity contribution in [1.29, 1.82) is 0 Å². The molecule has 0 amide bonds. The lowest BCUT2D eigenvalue weighted by Crippen LogP contribution is -1.93. The topological polar surface area (TPSA) is 25.0 Å². The molecule has 2 heteroatoms. The van der Waals surface area contributed by atoms with Gasteiger partial charge >= 0.3 is 0 Å². The number of fused-ring (bicyclic) bond motifs is 1. The van der Waals surface area contributed by atoms with Crippen molar-refractivity contribution in [2.45, 2.75) is 6.42 Å². The van der Waals surface area contributed by atoms with E-state index in [9.17, 15) is 0 Å². The zero-order chi connectivity index (χ0) is 16.4. The fourth-order valence-electron chi connectivity index (χ4n) is 3.25. The van der Waals surface area contributed by atoms with Crippen LogP contribution >= 0.6 is 0 Å². The number of rotatable bonds is 3. The van der Waals surface area contributed by atoms with Crippen molar-refractivity contribution in [1.82, 2.24) is 4.98 Å². The maximum Gasteiger partial charge on any atom is 0.118 e. The molecule has 0 atom stereocenters. The zero-order valence-corrected chi connectivity index (χ0v) is 13.6. The first-order valence-corrected chi connectivity index (χ1v) is 8.15. The molecule has 0 spiro atoms. The van der Waals surface area contributed by atoms with Crippen LogP contribution in [0.5, 0.6) is 5.75 Å². The summed E-state index contributed by atoms with van der Waals surface area (Å²) in [5.41, 5.74) is 7.39. The molecule has 1 aliphatic carbocycles. The number of aromatic nitrogens is 1. The van der Waals surface area contributed by atoms with Gasteiger partial charge in [0.2, 0.25) is 0 Å². The standard InChI is InChI=1S/C22H19NO/c1-24-18-12-10-17(11-13-18)20-9-5-8-19(16-6-3-2-4-7-16)21-14-15-23-22(20)21/h2-4,6-15,23H,5H2,1H3. The number of H-pyrrole nitrogens is 1. The second kappa shape index (κ2) is 6.25. The molecule has 1 N–H and O–H groups in total. The lowest BCUT2D eigenvalue weighted by atomic mass is 9.95. The molecule has 0 saturated heterocycles. The quantitative estimate of drug-likeness (QED) is 0.698. The van der Waals surface area contributed by atoms with E-state index in [0.717, 1.165) is 12.2 Å². The van der Waals surface area contributed by atoms with Gasteiger partial charge in [0.25, 0.3) is 0 Å². The normalized spacial score (nSPS) is 13.5. The van der Waals surface area contributed by atoms with Crippen LogP contribution in [0, 0.1) is 0 Å². The van der Waals surface area contributed by atoms with Crippen LogP contribution in [0.3, 0.4) is 0 Å². The molecule has 0 fully saturated rings. The maximum atomic E-state index is 5.27. The van der Waals surface area contributed by atoms with Crippen molar-refractivity contribution in [3.8, 4) is 5.75 Å². The van der Waals surface area contributed by atoms with Gasteiger partial charge in [0.1, 0.15) is 5.75 Å². The molecule has 2 aromatic carbocycles. The Labute approximate surface area is 142 Å². The maximum absolute atomic E-state index is 5.27. The van der Waals surface area contributed by atoms with Crippen molar-refractivity contribution >= 4 is 11.1 Å². The second-order valence-electron chi connectivity index (χ2n) is 5.83. The number of allylic oxidation sites excluding steroid dienone is 2. The fourth-order valence-corrected chi connectivity index (χ4v) is 3.25. The van der Waals surface area contributed by atoms with Crippen molar-refractivity contribution in [3.63, 3.8) is 0 Å². The Hall–Kier alpha value is -3.00. The van der Waals surface area contributed by atoms with Crippen molar-refractivity contribution in [2.75, 3.05) is 7.11 Å². The van der Waals surface area contributed by atoms with E-state index < -0.39 is 0 Å². The third kappa shape index (κ3) is 2.56. The van der Waals surface area contributed by atoms with Crippen LogP contribution in [-0.4, -0.2) is 12.1 Å². The molecular formula is C22H19NO. The monoisotopic (exact) mass is 313 g/mol. The number of hydrogen-bond donors (Lipinski definition) is 1. The largest absolute Gasteiger partial charge is 0.497 e. The summed E-state index contributed by atoms with van der Waals surface area (Å²) in [5, 5.41) is 0. The Kier molecular flexibility index (Phi) is 3.80. The molecule has 24 heavy (non-hydrogen) atoms. The van der Waals surface area contributed by atoms with Crippen LogP contribution in [0.2, 0.25) is 0 Å². The highest BCUT2D eigenvalue weighted by Crippen LogP contribution is 2.36. The van der Waals surface area contributed by atoms with Gasteiger partial charge in [-0.3, -0.25) is 0 Å². The molecule has 1 heterocycles. The molecule has 4 rings (SSSR count). The molecule has 0 radical (unpaired) electrons. The first-order valence-electron chi connectivity index (χ1n) is 8.15. The van der Waals surface area contributed by atoms with E-state index >= 15 is 0 Å². The average Bonchev–Trinajstić information content (AvgIpc) is 3.05. The molecule has 1 aliphatic rings. The van der Waals surface area contributed by atoms with Gasteiger partial charge in [-0.1, -0.05) is 54.6 Å². The number of aromatic amines is 1.